The molecular weight excluding hydrogens is 440 g/mol. The molecule has 0 fully saturated rings. The zero-order valence-electron chi connectivity index (χ0n) is 20.3. The maximum atomic E-state index is 12.9. The van der Waals surface area contributed by atoms with Crippen LogP contribution in [0, 0.1) is 13.8 Å². The number of aryl methyl sites for hydroxylation is 3. The topological polar surface area (TPSA) is 84.5 Å². The van der Waals surface area contributed by atoms with Gasteiger partial charge in [-0.05, 0) is 44.4 Å². The van der Waals surface area contributed by atoms with Crippen LogP contribution in [0.1, 0.15) is 50.2 Å². The van der Waals surface area contributed by atoms with Gasteiger partial charge < -0.3 is 15.4 Å². The first-order chi connectivity index (χ1) is 17.0. The Morgan fingerprint density at radius 1 is 0.914 bits per heavy atom. The molecule has 0 saturated carbocycles. The summed E-state index contributed by atoms with van der Waals surface area (Å²) in [6.07, 6.45) is 2.61. The highest BCUT2D eigenvalue weighted by Gasteiger charge is 2.18. The maximum absolute atomic E-state index is 12.9. The Morgan fingerprint density at radius 2 is 1.60 bits per heavy atom. The van der Waals surface area contributed by atoms with Crippen molar-refractivity contribution in [1.82, 2.24) is 10.6 Å². The van der Waals surface area contributed by atoms with Crippen LogP contribution in [0.25, 0.3) is 0 Å². The van der Waals surface area contributed by atoms with E-state index in [1.165, 1.54) is 16.7 Å². The molecule has 1 unspecified atom stereocenters. The third kappa shape index (κ3) is 8.10. The van der Waals surface area contributed by atoms with Crippen molar-refractivity contribution in [2.45, 2.75) is 39.2 Å². The summed E-state index contributed by atoms with van der Waals surface area (Å²) in [5, 5.41) is 5.40. The van der Waals surface area contributed by atoms with Crippen LogP contribution in [0.2, 0.25) is 0 Å². The van der Waals surface area contributed by atoms with Crippen LogP contribution in [-0.2, 0) is 11.2 Å². The predicted molar refractivity (Wildman–Crippen MR) is 137 cm³/mol. The van der Waals surface area contributed by atoms with Gasteiger partial charge >= 0.3 is 0 Å². The number of ether oxygens (including phenoxy) is 1. The van der Waals surface area contributed by atoms with Crippen molar-refractivity contribution in [2.24, 2.45) is 0 Å². The highest BCUT2D eigenvalue weighted by atomic mass is 16.5. The molecule has 0 saturated heterocycles. The molecule has 182 valence electrons. The lowest BCUT2D eigenvalue weighted by atomic mass is 10.0. The average molecular weight is 473 g/mol. The molecule has 3 aromatic carbocycles. The van der Waals surface area contributed by atoms with Crippen LogP contribution in [0.3, 0.4) is 0 Å². The van der Waals surface area contributed by atoms with Gasteiger partial charge in [0, 0.05) is 18.5 Å². The number of hydrogen-bond acceptors (Lipinski definition) is 4. The number of hydrogen-bond donors (Lipinski definition) is 2. The molecule has 0 spiro atoms. The number of amides is 2. The van der Waals surface area contributed by atoms with E-state index in [2.05, 4.69) is 42.7 Å². The standard InChI is InChI=1S/C29H32N2O4/c1-21-16-22(2)18-23(17-21)12-13-25(14-15-30-20-32)35-28-11-7-6-10-26(28)29(34)31-19-27(33)24-8-4-3-5-9-24/h3-11,16-18,20,25H,12-15,19H2,1-2H3,(H,30,32)(H,31,34). The van der Waals surface area contributed by atoms with Crippen LogP contribution in [0.15, 0.2) is 72.8 Å². The third-order valence-corrected chi connectivity index (χ3v) is 5.66. The summed E-state index contributed by atoms with van der Waals surface area (Å²) >= 11 is 0. The summed E-state index contributed by atoms with van der Waals surface area (Å²) in [6.45, 7) is 4.53. The lowest BCUT2D eigenvalue weighted by Gasteiger charge is -2.21. The van der Waals surface area contributed by atoms with Crippen LogP contribution >= 0.6 is 0 Å². The molecule has 0 aliphatic rings. The Morgan fingerprint density at radius 3 is 2.31 bits per heavy atom. The number of nitrogens with one attached hydrogen (secondary N) is 2. The fourth-order valence-electron chi connectivity index (χ4n) is 4.02. The number of ketones is 1. The van der Waals surface area contributed by atoms with Gasteiger partial charge in [0.05, 0.1) is 12.1 Å². The predicted octanol–water partition coefficient (Wildman–Crippen LogP) is 4.43. The zero-order chi connectivity index (χ0) is 25.0. The SMILES string of the molecule is Cc1cc(C)cc(CCC(CCNC=O)Oc2ccccc2C(=O)NCC(=O)c2ccccc2)c1. The minimum atomic E-state index is -0.371. The summed E-state index contributed by atoms with van der Waals surface area (Å²) in [5.74, 6) is -0.0822. The average Bonchev–Trinajstić information content (AvgIpc) is 2.86. The minimum absolute atomic E-state index is 0.101. The van der Waals surface area contributed by atoms with Gasteiger partial charge in [0.25, 0.3) is 5.91 Å². The van der Waals surface area contributed by atoms with Crippen LogP contribution in [0.5, 0.6) is 5.75 Å². The normalized spacial score (nSPS) is 11.4. The van der Waals surface area contributed by atoms with Gasteiger partial charge in [0.2, 0.25) is 6.41 Å². The van der Waals surface area contributed by atoms with Gasteiger partial charge in [-0.15, -0.1) is 0 Å². The van der Waals surface area contributed by atoms with Gasteiger partial charge in [-0.1, -0.05) is 71.8 Å². The van der Waals surface area contributed by atoms with Gasteiger partial charge in [0.15, 0.2) is 5.78 Å². The van der Waals surface area contributed by atoms with Crippen molar-refractivity contribution in [2.75, 3.05) is 13.1 Å². The summed E-state index contributed by atoms with van der Waals surface area (Å²) < 4.78 is 6.29. The van der Waals surface area contributed by atoms with E-state index in [9.17, 15) is 14.4 Å². The van der Waals surface area contributed by atoms with Crippen molar-refractivity contribution in [3.63, 3.8) is 0 Å². The fourth-order valence-corrected chi connectivity index (χ4v) is 4.02. The van der Waals surface area contributed by atoms with Crippen molar-refractivity contribution in [3.05, 3.63) is 101 Å². The Kier molecular flexibility index (Phi) is 9.60. The number of Topliss-reactive ketones (excluding diaryl/α,β-unsaturated/α-hetero) is 1. The van der Waals surface area contributed by atoms with Crippen LogP contribution in [-0.4, -0.2) is 37.3 Å². The van der Waals surface area contributed by atoms with Crippen LogP contribution < -0.4 is 15.4 Å². The molecule has 0 aliphatic heterocycles. The Labute approximate surface area is 206 Å². The van der Waals surface area contributed by atoms with Gasteiger partial charge in [-0.25, -0.2) is 0 Å². The fraction of sp³-hybridized carbons (Fsp3) is 0.276. The third-order valence-electron chi connectivity index (χ3n) is 5.66. The number of rotatable bonds is 13. The first kappa shape index (κ1) is 25.7. The molecule has 0 radical (unpaired) electrons. The summed E-state index contributed by atoms with van der Waals surface area (Å²) in [4.78, 5) is 36.0. The molecule has 3 rings (SSSR count). The van der Waals surface area contributed by atoms with Crippen molar-refractivity contribution < 1.29 is 19.1 Å². The molecule has 0 aliphatic carbocycles. The van der Waals surface area contributed by atoms with E-state index in [0.29, 0.717) is 36.3 Å². The number of carbonyl (C=O) groups excluding carboxylic acids is 3. The number of carbonyl (C=O) groups is 3. The maximum Gasteiger partial charge on any atom is 0.255 e. The molecule has 2 amide bonds. The van der Waals surface area contributed by atoms with E-state index in [4.69, 9.17) is 4.74 Å². The first-order valence-electron chi connectivity index (χ1n) is 11.8. The Hall–Kier alpha value is -3.93. The van der Waals surface area contributed by atoms with E-state index in [1.54, 1.807) is 42.5 Å². The highest BCUT2D eigenvalue weighted by molar-refractivity contribution is 6.03. The number of para-hydroxylation sites is 1. The quantitative estimate of drug-likeness (QED) is 0.219. The van der Waals surface area contributed by atoms with Crippen molar-refractivity contribution >= 4 is 18.1 Å². The van der Waals surface area contributed by atoms with E-state index in [0.717, 1.165) is 12.8 Å². The molecule has 6 nitrogen and oxygen atoms in total. The highest BCUT2D eigenvalue weighted by Crippen LogP contribution is 2.22. The molecule has 0 bridgehead atoms. The van der Waals surface area contributed by atoms with Crippen molar-refractivity contribution in [1.29, 1.82) is 0 Å². The Bertz CT molecular complexity index is 1120. The molecule has 35 heavy (non-hydrogen) atoms. The van der Waals surface area contributed by atoms with Gasteiger partial charge in [-0.2, -0.15) is 0 Å². The molecule has 2 N–H and O–H groups in total. The zero-order valence-corrected chi connectivity index (χ0v) is 20.3. The Balaban J connectivity index is 1.68. The van der Waals surface area contributed by atoms with E-state index in [1.807, 2.05) is 12.1 Å². The smallest absolute Gasteiger partial charge is 0.255 e. The van der Waals surface area contributed by atoms with Crippen LogP contribution in [0.4, 0.5) is 0 Å². The minimum Gasteiger partial charge on any atom is -0.490 e. The summed E-state index contributed by atoms with van der Waals surface area (Å²) in [5.41, 5.74) is 4.57. The monoisotopic (exact) mass is 472 g/mol. The largest absolute Gasteiger partial charge is 0.490 e. The summed E-state index contributed by atoms with van der Waals surface area (Å²) in [6, 6.07) is 22.3. The lowest BCUT2D eigenvalue weighted by molar-refractivity contribution is -0.109. The van der Waals surface area contributed by atoms with Crippen molar-refractivity contribution in [3.8, 4) is 5.75 Å². The second-order valence-electron chi connectivity index (χ2n) is 8.60. The van der Waals surface area contributed by atoms with E-state index < -0.39 is 0 Å². The number of benzene rings is 3. The molecule has 0 heterocycles. The molecule has 3 aromatic rings. The molecule has 1 atom stereocenters. The van der Waals surface area contributed by atoms with E-state index in [-0.39, 0.29) is 24.3 Å². The lowest BCUT2D eigenvalue weighted by Crippen LogP contribution is -2.30. The second kappa shape index (κ2) is 13.1. The van der Waals surface area contributed by atoms with E-state index >= 15 is 0 Å². The molecule has 0 aromatic heterocycles. The van der Waals surface area contributed by atoms with Gasteiger partial charge in [0.1, 0.15) is 11.9 Å². The van der Waals surface area contributed by atoms with Gasteiger partial charge in [-0.3, -0.25) is 14.4 Å². The first-order valence-corrected chi connectivity index (χ1v) is 11.8. The second-order valence-corrected chi connectivity index (χ2v) is 8.60. The molecular formula is C29H32N2O4. The summed E-state index contributed by atoms with van der Waals surface area (Å²) in [7, 11) is 0. The molecule has 6 heteroatoms.